The Morgan fingerprint density at radius 3 is 2.10 bits per heavy atom. The van der Waals surface area contributed by atoms with Gasteiger partial charge in [-0.05, 0) is 31.4 Å². The number of hydrogen-bond acceptors (Lipinski definition) is 3. The molecule has 0 aromatic heterocycles. The van der Waals surface area contributed by atoms with Crippen molar-refractivity contribution in [3.05, 3.63) is 61.2 Å². The largest absolute Gasteiger partial charge is 0.371 e. The summed E-state index contributed by atoms with van der Waals surface area (Å²) in [5, 5.41) is 0. The van der Waals surface area contributed by atoms with Gasteiger partial charge in [0.2, 0.25) is 0 Å². The SMILES string of the molecule is C=CC[C@@H](OC(C=C)OCC)[C@@H](CCCCCCCCCC)OCc1ccccc1. The predicted molar refractivity (Wildman–Crippen MR) is 128 cm³/mol. The minimum absolute atomic E-state index is 0.00574. The minimum Gasteiger partial charge on any atom is -0.371 e. The predicted octanol–water partition coefficient (Wildman–Crippen LogP) is 7.61. The Hall–Kier alpha value is -1.42. The minimum atomic E-state index is -0.415. The smallest absolute Gasteiger partial charge is 0.176 e. The first kappa shape index (κ1) is 26.6. The second kappa shape index (κ2) is 18.4. The Balaban J connectivity index is 2.61. The van der Waals surface area contributed by atoms with E-state index in [0.717, 1.165) is 19.3 Å². The molecule has 3 nitrogen and oxygen atoms in total. The van der Waals surface area contributed by atoms with Gasteiger partial charge in [0.25, 0.3) is 0 Å². The average Bonchev–Trinajstić information content (AvgIpc) is 2.77. The molecule has 0 fully saturated rings. The summed E-state index contributed by atoms with van der Waals surface area (Å²) in [5.41, 5.74) is 1.18. The lowest BCUT2D eigenvalue weighted by Gasteiger charge is -2.29. The van der Waals surface area contributed by atoms with E-state index in [9.17, 15) is 0 Å². The van der Waals surface area contributed by atoms with Crippen LogP contribution >= 0.6 is 0 Å². The van der Waals surface area contributed by atoms with E-state index in [-0.39, 0.29) is 12.2 Å². The van der Waals surface area contributed by atoms with Crippen LogP contribution in [0.3, 0.4) is 0 Å². The number of ether oxygens (including phenoxy) is 3. The molecule has 1 unspecified atom stereocenters. The molecule has 0 radical (unpaired) electrons. The first-order chi connectivity index (χ1) is 14.7. The molecule has 0 amide bonds. The molecular weight excluding hydrogens is 372 g/mol. The van der Waals surface area contributed by atoms with Gasteiger partial charge in [-0.3, -0.25) is 0 Å². The second-order valence-corrected chi connectivity index (χ2v) is 7.86. The van der Waals surface area contributed by atoms with Crippen molar-refractivity contribution in [1.29, 1.82) is 0 Å². The summed E-state index contributed by atoms with van der Waals surface area (Å²) in [7, 11) is 0. The van der Waals surface area contributed by atoms with Gasteiger partial charge in [-0.25, -0.2) is 0 Å². The van der Waals surface area contributed by atoms with E-state index in [1.165, 1.54) is 50.5 Å². The van der Waals surface area contributed by atoms with Crippen molar-refractivity contribution >= 4 is 0 Å². The third-order valence-corrected chi connectivity index (χ3v) is 5.30. The van der Waals surface area contributed by atoms with Crippen LogP contribution in [0.2, 0.25) is 0 Å². The molecule has 30 heavy (non-hydrogen) atoms. The number of hydrogen-bond donors (Lipinski definition) is 0. The third-order valence-electron chi connectivity index (χ3n) is 5.30. The van der Waals surface area contributed by atoms with Gasteiger partial charge in [-0.2, -0.15) is 0 Å². The van der Waals surface area contributed by atoms with E-state index < -0.39 is 6.29 Å². The van der Waals surface area contributed by atoms with Gasteiger partial charge in [0, 0.05) is 6.61 Å². The molecule has 0 N–H and O–H groups in total. The monoisotopic (exact) mass is 416 g/mol. The number of unbranched alkanes of at least 4 members (excludes halogenated alkanes) is 7. The van der Waals surface area contributed by atoms with Gasteiger partial charge in [0.05, 0.1) is 18.8 Å². The molecule has 1 aromatic carbocycles. The highest BCUT2D eigenvalue weighted by molar-refractivity contribution is 5.13. The third kappa shape index (κ3) is 12.3. The summed E-state index contributed by atoms with van der Waals surface area (Å²) >= 11 is 0. The van der Waals surface area contributed by atoms with Crippen LogP contribution in [-0.2, 0) is 20.8 Å². The van der Waals surface area contributed by atoms with Crippen molar-refractivity contribution in [2.24, 2.45) is 0 Å². The van der Waals surface area contributed by atoms with E-state index in [1.807, 2.05) is 31.2 Å². The molecule has 170 valence electrons. The average molecular weight is 417 g/mol. The number of benzene rings is 1. The van der Waals surface area contributed by atoms with Crippen LogP contribution in [0.5, 0.6) is 0 Å². The molecular formula is C27H44O3. The van der Waals surface area contributed by atoms with Gasteiger partial charge >= 0.3 is 0 Å². The summed E-state index contributed by atoms with van der Waals surface area (Å²) in [6.07, 6.45) is 15.3. The highest BCUT2D eigenvalue weighted by Gasteiger charge is 2.24. The maximum atomic E-state index is 6.36. The Bertz CT molecular complexity index is 528. The molecule has 0 aliphatic heterocycles. The summed E-state index contributed by atoms with van der Waals surface area (Å²) < 4.78 is 18.2. The summed E-state index contributed by atoms with van der Waals surface area (Å²) in [6.45, 7) is 13.2. The fourth-order valence-electron chi connectivity index (χ4n) is 3.59. The summed E-state index contributed by atoms with van der Waals surface area (Å²) in [5.74, 6) is 0. The molecule has 0 saturated heterocycles. The van der Waals surface area contributed by atoms with Gasteiger partial charge in [0.1, 0.15) is 0 Å². The maximum absolute atomic E-state index is 6.36. The topological polar surface area (TPSA) is 27.7 Å². The Kier molecular flexibility index (Phi) is 16.3. The Morgan fingerprint density at radius 1 is 0.833 bits per heavy atom. The Morgan fingerprint density at radius 2 is 1.50 bits per heavy atom. The van der Waals surface area contributed by atoms with Gasteiger partial charge < -0.3 is 14.2 Å². The van der Waals surface area contributed by atoms with Crippen molar-refractivity contribution in [3.8, 4) is 0 Å². The zero-order valence-electron chi connectivity index (χ0n) is 19.4. The molecule has 0 spiro atoms. The van der Waals surface area contributed by atoms with Crippen LogP contribution in [0, 0.1) is 0 Å². The van der Waals surface area contributed by atoms with Crippen LogP contribution in [0.25, 0.3) is 0 Å². The molecule has 0 saturated carbocycles. The zero-order chi connectivity index (χ0) is 21.9. The summed E-state index contributed by atoms with van der Waals surface area (Å²) in [6, 6.07) is 10.3. The van der Waals surface area contributed by atoms with E-state index >= 15 is 0 Å². The zero-order valence-corrected chi connectivity index (χ0v) is 19.4. The van der Waals surface area contributed by atoms with E-state index in [4.69, 9.17) is 14.2 Å². The van der Waals surface area contributed by atoms with Crippen LogP contribution in [0.4, 0.5) is 0 Å². The van der Waals surface area contributed by atoms with Crippen molar-refractivity contribution in [2.45, 2.75) is 103 Å². The van der Waals surface area contributed by atoms with Crippen molar-refractivity contribution in [2.75, 3.05) is 6.61 Å². The van der Waals surface area contributed by atoms with Crippen molar-refractivity contribution < 1.29 is 14.2 Å². The molecule has 1 aromatic rings. The molecule has 3 atom stereocenters. The molecule has 0 bridgehead atoms. The molecule has 0 heterocycles. The lowest BCUT2D eigenvalue weighted by atomic mass is 10.0. The molecule has 3 heteroatoms. The standard InChI is InChI=1S/C27H44O3/c1-5-9-10-11-12-13-14-18-22-25(29-23-24-20-16-15-17-21-24)26(19-6-2)30-27(7-3)28-8-4/h6-7,15-17,20-21,25-27H,2-3,5,8-14,18-19,22-23H2,1,4H3/t25-,26-,27?/m1/s1. The van der Waals surface area contributed by atoms with Crippen LogP contribution in [0.15, 0.2) is 55.6 Å². The van der Waals surface area contributed by atoms with E-state index in [2.05, 4.69) is 32.2 Å². The molecule has 0 aliphatic rings. The normalized spacial score (nSPS) is 14.2. The highest BCUT2D eigenvalue weighted by Crippen LogP contribution is 2.21. The van der Waals surface area contributed by atoms with Gasteiger partial charge in [-0.15, -0.1) is 6.58 Å². The van der Waals surface area contributed by atoms with Crippen LogP contribution < -0.4 is 0 Å². The Labute approximate surface area is 185 Å². The first-order valence-electron chi connectivity index (χ1n) is 11.9. The fraction of sp³-hybridized carbons (Fsp3) is 0.630. The quantitative estimate of drug-likeness (QED) is 0.124. The van der Waals surface area contributed by atoms with Gasteiger partial charge in [-0.1, -0.05) is 101 Å². The van der Waals surface area contributed by atoms with Crippen molar-refractivity contribution in [3.63, 3.8) is 0 Å². The number of rotatable bonds is 20. The van der Waals surface area contributed by atoms with Crippen LogP contribution in [-0.4, -0.2) is 25.1 Å². The van der Waals surface area contributed by atoms with E-state index in [0.29, 0.717) is 13.2 Å². The van der Waals surface area contributed by atoms with Crippen LogP contribution in [0.1, 0.15) is 83.6 Å². The lowest BCUT2D eigenvalue weighted by Crippen LogP contribution is -2.35. The molecule has 0 aliphatic carbocycles. The van der Waals surface area contributed by atoms with Gasteiger partial charge in [0.15, 0.2) is 6.29 Å². The molecule has 1 rings (SSSR count). The van der Waals surface area contributed by atoms with E-state index in [1.54, 1.807) is 6.08 Å². The lowest BCUT2D eigenvalue weighted by molar-refractivity contribution is -0.177. The highest BCUT2D eigenvalue weighted by atomic mass is 16.7. The maximum Gasteiger partial charge on any atom is 0.176 e. The second-order valence-electron chi connectivity index (χ2n) is 7.86. The summed E-state index contributed by atoms with van der Waals surface area (Å²) in [4.78, 5) is 0. The van der Waals surface area contributed by atoms with Crippen molar-refractivity contribution in [1.82, 2.24) is 0 Å². The fourth-order valence-corrected chi connectivity index (χ4v) is 3.59. The first-order valence-corrected chi connectivity index (χ1v) is 11.9.